The molecule has 78 valence electrons. The number of ether oxygens (including phenoxy) is 1. The van der Waals surface area contributed by atoms with Crippen LogP contribution in [0.1, 0.15) is 6.92 Å². The molecule has 0 aliphatic heterocycles. The molecule has 0 bridgehead atoms. The third kappa shape index (κ3) is 3.39. The van der Waals surface area contributed by atoms with Crippen LogP contribution in [0.25, 0.3) is 0 Å². The minimum atomic E-state index is -0.232. The SMILES string of the molecule is COCC(C)Sc1nc(N)cc(=O)[nH]1. The lowest BCUT2D eigenvalue weighted by atomic mass is 10.5. The van der Waals surface area contributed by atoms with E-state index in [1.807, 2.05) is 6.92 Å². The lowest BCUT2D eigenvalue weighted by Crippen LogP contribution is -2.12. The van der Waals surface area contributed by atoms with Crippen LogP contribution in [0, 0.1) is 0 Å². The Kier molecular flexibility index (Phi) is 3.97. The van der Waals surface area contributed by atoms with Crippen LogP contribution in [-0.2, 0) is 4.74 Å². The summed E-state index contributed by atoms with van der Waals surface area (Å²) in [5.41, 5.74) is 5.20. The molecule has 0 aliphatic carbocycles. The van der Waals surface area contributed by atoms with E-state index in [1.54, 1.807) is 7.11 Å². The van der Waals surface area contributed by atoms with Crippen molar-refractivity contribution < 1.29 is 4.74 Å². The van der Waals surface area contributed by atoms with Gasteiger partial charge in [-0.2, -0.15) is 0 Å². The molecule has 3 N–H and O–H groups in total. The third-order valence-corrected chi connectivity index (χ3v) is 2.41. The van der Waals surface area contributed by atoms with Gasteiger partial charge >= 0.3 is 0 Å². The number of hydrogen-bond donors (Lipinski definition) is 2. The summed E-state index contributed by atoms with van der Waals surface area (Å²) in [6.07, 6.45) is 0. The maximum Gasteiger partial charge on any atom is 0.253 e. The second-order valence-corrected chi connectivity index (χ2v) is 4.29. The average molecular weight is 215 g/mol. The number of nitrogens with zero attached hydrogens (tertiary/aromatic N) is 1. The smallest absolute Gasteiger partial charge is 0.253 e. The van der Waals surface area contributed by atoms with Crippen LogP contribution in [0.3, 0.4) is 0 Å². The number of thioether (sulfide) groups is 1. The standard InChI is InChI=1S/C8H13N3O2S/c1-5(4-13-2)14-8-10-6(9)3-7(12)11-8/h3,5H,4H2,1-2H3,(H3,9,10,11,12). The van der Waals surface area contributed by atoms with Gasteiger partial charge in [-0.15, -0.1) is 0 Å². The van der Waals surface area contributed by atoms with E-state index in [-0.39, 0.29) is 16.6 Å². The molecule has 0 aliphatic rings. The number of H-pyrrole nitrogens is 1. The summed E-state index contributed by atoms with van der Waals surface area (Å²) in [4.78, 5) is 17.6. The van der Waals surface area contributed by atoms with Gasteiger partial charge < -0.3 is 15.5 Å². The van der Waals surface area contributed by atoms with Gasteiger partial charge in [-0.25, -0.2) is 4.98 Å². The van der Waals surface area contributed by atoms with E-state index < -0.39 is 0 Å². The number of nitrogen functional groups attached to an aromatic ring is 1. The van der Waals surface area contributed by atoms with Crippen molar-refractivity contribution in [2.75, 3.05) is 19.5 Å². The topological polar surface area (TPSA) is 81.0 Å². The molecule has 1 rings (SSSR count). The fourth-order valence-corrected chi connectivity index (χ4v) is 1.87. The summed E-state index contributed by atoms with van der Waals surface area (Å²) in [5, 5.41) is 0.754. The lowest BCUT2D eigenvalue weighted by molar-refractivity contribution is 0.203. The number of aromatic nitrogens is 2. The molecule has 0 radical (unpaired) electrons. The first-order valence-corrected chi connectivity index (χ1v) is 5.02. The Balaban J connectivity index is 2.71. The molecule has 0 spiro atoms. The molecular formula is C8H13N3O2S. The van der Waals surface area contributed by atoms with Gasteiger partial charge in [0.2, 0.25) is 0 Å². The van der Waals surface area contributed by atoms with Gasteiger partial charge in [-0.05, 0) is 0 Å². The average Bonchev–Trinajstić information content (AvgIpc) is 2.01. The number of methoxy groups -OCH3 is 1. The van der Waals surface area contributed by atoms with Gasteiger partial charge in [0.15, 0.2) is 5.16 Å². The van der Waals surface area contributed by atoms with Crippen molar-refractivity contribution >= 4 is 17.6 Å². The van der Waals surface area contributed by atoms with E-state index in [0.29, 0.717) is 11.8 Å². The summed E-state index contributed by atoms with van der Waals surface area (Å²) >= 11 is 1.42. The quantitative estimate of drug-likeness (QED) is 0.564. The largest absolute Gasteiger partial charge is 0.384 e. The molecule has 5 nitrogen and oxygen atoms in total. The first-order valence-electron chi connectivity index (χ1n) is 4.14. The predicted molar refractivity (Wildman–Crippen MR) is 56.5 cm³/mol. The fourth-order valence-electron chi connectivity index (χ4n) is 0.968. The van der Waals surface area contributed by atoms with Crippen molar-refractivity contribution in [2.24, 2.45) is 0 Å². The minimum absolute atomic E-state index is 0.227. The van der Waals surface area contributed by atoms with E-state index in [2.05, 4.69) is 9.97 Å². The number of rotatable bonds is 4. The molecule has 0 amide bonds. The second kappa shape index (κ2) is 5.02. The number of aromatic amines is 1. The Morgan fingerprint density at radius 3 is 3.07 bits per heavy atom. The molecule has 0 fully saturated rings. The highest BCUT2D eigenvalue weighted by atomic mass is 32.2. The Morgan fingerprint density at radius 2 is 2.50 bits per heavy atom. The molecular weight excluding hydrogens is 202 g/mol. The van der Waals surface area contributed by atoms with Crippen LogP contribution in [0.15, 0.2) is 16.0 Å². The number of anilines is 1. The summed E-state index contributed by atoms with van der Waals surface area (Å²) in [6, 6.07) is 1.26. The van der Waals surface area contributed by atoms with E-state index in [1.165, 1.54) is 17.8 Å². The first-order chi connectivity index (χ1) is 6.61. The van der Waals surface area contributed by atoms with Crippen LogP contribution >= 0.6 is 11.8 Å². The summed E-state index contributed by atoms with van der Waals surface area (Å²) in [7, 11) is 1.63. The lowest BCUT2D eigenvalue weighted by Gasteiger charge is -2.08. The van der Waals surface area contributed by atoms with Gasteiger partial charge in [-0.3, -0.25) is 4.79 Å². The first kappa shape index (κ1) is 11.1. The van der Waals surface area contributed by atoms with E-state index in [4.69, 9.17) is 10.5 Å². The molecule has 6 heteroatoms. The van der Waals surface area contributed by atoms with Crippen molar-refractivity contribution in [2.45, 2.75) is 17.3 Å². The van der Waals surface area contributed by atoms with Crippen molar-refractivity contribution in [3.63, 3.8) is 0 Å². The Labute approximate surface area is 86.1 Å². The van der Waals surface area contributed by atoms with Crippen molar-refractivity contribution in [1.29, 1.82) is 0 Å². The zero-order valence-electron chi connectivity index (χ0n) is 8.11. The van der Waals surface area contributed by atoms with Crippen molar-refractivity contribution in [1.82, 2.24) is 9.97 Å². The molecule has 0 aromatic carbocycles. The fraction of sp³-hybridized carbons (Fsp3) is 0.500. The summed E-state index contributed by atoms with van der Waals surface area (Å²) in [6.45, 7) is 2.58. The van der Waals surface area contributed by atoms with Crippen LogP contribution in [0.4, 0.5) is 5.82 Å². The molecule has 1 aromatic heterocycles. The number of nitrogens with two attached hydrogens (primary N) is 1. The van der Waals surface area contributed by atoms with Crippen molar-refractivity contribution in [3.05, 3.63) is 16.4 Å². The van der Waals surface area contributed by atoms with E-state index in [9.17, 15) is 4.79 Å². The van der Waals surface area contributed by atoms with Crippen LogP contribution in [0.2, 0.25) is 0 Å². The summed E-state index contributed by atoms with van der Waals surface area (Å²) in [5.74, 6) is 0.237. The maximum absolute atomic E-state index is 11.0. The Bertz CT molecular complexity index is 353. The highest BCUT2D eigenvalue weighted by Crippen LogP contribution is 2.18. The maximum atomic E-state index is 11.0. The molecule has 0 saturated carbocycles. The predicted octanol–water partition coefficient (Wildman–Crippen LogP) is 0.479. The molecule has 1 heterocycles. The zero-order valence-corrected chi connectivity index (χ0v) is 8.93. The highest BCUT2D eigenvalue weighted by molar-refractivity contribution is 7.99. The highest BCUT2D eigenvalue weighted by Gasteiger charge is 2.06. The Hall–Kier alpha value is -1.01. The van der Waals surface area contributed by atoms with Crippen LogP contribution < -0.4 is 11.3 Å². The second-order valence-electron chi connectivity index (χ2n) is 2.86. The Morgan fingerprint density at radius 1 is 1.79 bits per heavy atom. The van der Waals surface area contributed by atoms with Gasteiger partial charge in [0.05, 0.1) is 6.61 Å². The van der Waals surface area contributed by atoms with E-state index in [0.717, 1.165) is 0 Å². The van der Waals surface area contributed by atoms with E-state index >= 15 is 0 Å². The van der Waals surface area contributed by atoms with Crippen molar-refractivity contribution in [3.8, 4) is 0 Å². The van der Waals surface area contributed by atoms with Gasteiger partial charge in [0, 0.05) is 18.4 Å². The molecule has 1 aromatic rings. The summed E-state index contributed by atoms with van der Waals surface area (Å²) < 4.78 is 4.96. The van der Waals surface area contributed by atoms with Crippen LogP contribution in [-0.4, -0.2) is 28.9 Å². The van der Waals surface area contributed by atoms with Gasteiger partial charge in [0.1, 0.15) is 5.82 Å². The third-order valence-electron chi connectivity index (χ3n) is 1.45. The normalized spacial score (nSPS) is 12.7. The molecule has 1 unspecified atom stereocenters. The molecule has 14 heavy (non-hydrogen) atoms. The number of hydrogen-bond acceptors (Lipinski definition) is 5. The van der Waals surface area contributed by atoms with Gasteiger partial charge in [0.25, 0.3) is 5.56 Å². The monoisotopic (exact) mass is 215 g/mol. The molecule has 0 saturated heterocycles. The minimum Gasteiger partial charge on any atom is -0.384 e. The zero-order chi connectivity index (χ0) is 10.6. The van der Waals surface area contributed by atoms with Gasteiger partial charge in [-0.1, -0.05) is 18.7 Å². The molecule has 1 atom stereocenters. The number of nitrogens with one attached hydrogen (secondary N) is 1. The van der Waals surface area contributed by atoms with Crippen LogP contribution in [0.5, 0.6) is 0 Å².